The minimum atomic E-state index is -0.584. The van der Waals surface area contributed by atoms with Gasteiger partial charge in [0, 0.05) is 23.9 Å². The molecule has 21 heavy (non-hydrogen) atoms. The Kier molecular flexibility index (Phi) is 3.81. The molecule has 110 valence electrons. The molecule has 0 radical (unpaired) electrons. The molecule has 2 heterocycles. The number of carbonyl (C=O) groups excluding carboxylic acids is 3. The van der Waals surface area contributed by atoms with E-state index in [0.29, 0.717) is 24.2 Å². The average Bonchev–Trinajstić information content (AvgIpc) is 2.78. The van der Waals surface area contributed by atoms with Crippen molar-refractivity contribution < 1.29 is 14.4 Å². The molecule has 1 atom stereocenters. The molecule has 8 heteroatoms. The third-order valence-electron chi connectivity index (χ3n) is 3.71. The van der Waals surface area contributed by atoms with Crippen LogP contribution in [0.5, 0.6) is 0 Å². The number of fused-ring (bicyclic) bond motifs is 1. The van der Waals surface area contributed by atoms with Crippen LogP contribution in [0.3, 0.4) is 0 Å². The maximum atomic E-state index is 12.6. The maximum Gasteiger partial charge on any atom is 0.257 e. The fourth-order valence-corrected chi connectivity index (χ4v) is 3.31. The molecule has 0 aromatic heterocycles. The number of anilines is 1. The summed E-state index contributed by atoms with van der Waals surface area (Å²) < 4.78 is 2.96. The van der Waals surface area contributed by atoms with Crippen LogP contribution in [0, 0.1) is 0 Å². The highest BCUT2D eigenvalue weighted by Crippen LogP contribution is 2.33. The third kappa shape index (κ3) is 2.49. The van der Waals surface area contributed by atoms with Crippen LogP contribution < -0.4 is 10.0 Å². The quantitative estimate of drug-likeness (QED) is 0.339. The largest absolute Gasteiger partial charge is 0.322 e. The fourth-order valence-electron chi connectivity index (χ4n) is 2.75. The van der Waals surface area contributed by atoms with Crippen LogP contribution in [0.15, 0.2) is 18.2 Å². The number of piperidine rings is 1. The van der Waals surface area contributed by atoms with Gasteiger partial charge in [0.25, 0.3) is 5.91 Å². The monoisotopic (exact) mass is 323 g/mol. The van der Waals surface area contributed by atoms with Gasteiger partial charge in [0.2, 0.25) is 11.8 Å². The van der Waals surface area contributed by atoms with E-state index in [1.807, 2.05) is 12.1 Å². The summed E-state index contributed by atoms with van der Waals surface area (Å²) in [6, 6.07) is 4.94. The van der Waals surface area contributed by atoms with E-state index in [1.165, 1.54) is 4.90 Å². The van der Waals surface area contributed by atoms with E-state index < -0.39 is 11.9 Å². The standard InChI is InChI=1S/C13H13N3O3S2/c17-10-5-4-9(12(18)14-10)16-6-7-2-1-3-8(15-21-20)11(7)13(16)19/h1-3,9,15,20H,4-6H2,(H,14,17,18). The Labute approximate surface area is 130 Å². The predicted octanol–water partition coefficient (Wildman–Crippen LogP) is 1.35. The highest BCUT2D eigenvalue weighted by atomic mass is 33.1. The molecule has 1 fully saturated rings. The molecule has 1 aromatic carbocycles. The SMILES string of the molecule is O=C1CCC(N2Cc3cccc(NSS)c3C2=O)C(=O)N1. The second kappa shape index (κ2) is 5.61. The topological polar surface area (TPSA) is 78.5 Å². The number of benzene rings is 1. The molecule has 1 saturated heterocycles. The summed E-state index contributed by atoms with van der Waals surface area (Å²) in [6.45, 7) is 0.382. The Morgan fingerprint density at radius 2 is 2.14 bits per heavy atom. The first-order valence-electron chi connectivity index (χ1n) is 6.45. The van der Waals surface area contributed by atoms with Crippen molar-refractivity contribution >= 4 is 46.0 Å². The van der Waals surface area contributed by atoms with E-state index in [1.54, 1.807) is 6.07 Å². The Balaban J connectivity index is 1.88. The number of nitrogens with one attached hydrogen (secondary N) is 2. The summed E-state index contributed by atoms with van der Waals surface area (Å²) in [5.41, 5.74) is 2.13. The molecule has 2 aliphatic heterocycles. The van der Waals surface area contributed by atoms with Crippen molar-refractivity contribution in [3.63, 3.8) is 0 Å². The summed E-state index contributed by atoms with van der Waals surface area (Å²) in [6.07, 6.45) is 0.628. The highest BCUT2D eigenvalue weighted by Gasteiger charge is 2.39. The highest BCUT2D eigenvalue weighted by molar-refractivity contribution is 8.69. The van der Waals surface area contributed by atoms with Gasteiger partial charge in [-0.3, -0.25) is 19.7 Å². The van der Waals surface area contributed by atoms with Crippen molar-refractivity contribution in [2.24, 2.45) is 0 Å². The molecule has 2 aliphatic rings. The van der Waals surface area contributed by atoms with E-state index in [9.17, 15) is 14.4 Å². The van der Waals surface area contributed by atoms with Crippen molar-refractivity contribution in [2.75, 3.05) is 4.72 Å². The molecule has 6 nitrogen and oxygen atoms in total. The van der Waals surface area contributed by atoms with Crippen LogP contribution in [-0.4, -0.2) is 28.7 Å². The summed E-state index contributed by atoms with van der Waals surface area (Å²) in [5.74, 6) is -0.871. The van der Waals surface area contributed by atoms with Gasteiger partial charge >= 0.3 is 0 Å². The van der Waals surface area contributed by atoms with Gasteiger partial charge in [-0.25, -0.2) is 0 Å². The number of hydrogen-bond acceptors (Lipinski definition) is 6. The molecule has 0 spiro atoms. The third-order valence-corrected chi connectivity index (χ3v) is 4.29. The lowest BCUT2D eigenvalue weighted by Crippen LogP contribution is -2.52. The van der Waals surface area contributed by atoms with Gasteiger partial charge in [-0.05, 0) is 18.1 Å². The lowest BCUT2D eigenvalue weighted by atomic mass is 10.0. The molecule has 0 bridgehead atoms. The minimum Gasteiger partial charge on any atom is -0.322 e. The van der Waals surface area contributed by atoms with E-state index in [2.05, 4.69) is 21.7 Å². The Morgan fingerprint density at radius 1 is 1.33 bits per heavy atom. The van der Waals surface area contributed by atoms with Crippen LogP contribution in [0.1, 0.15) is 28.8 Å². The van der Waals surface area contributed by atoms with E-state index >= 15 is 0 Å². The number of carbonyl (C=O) groups is 3. The second-order valence-corrected chi connectivity index (χ2v) is 5.87. The minimum absolute atomic E-state index is 0.190. The molecular weight excluding hydrogens is 310 g/mol. The molecule has 2 N–H and O–H groups in total. The zero-order valence-corrected chi connectivity index (χ0v) is 12.7. The van der Waals surface area contributed by atoms with Crippen molar-refractivity contribution in [3.8, 4) is 0 Å². The van der Waals surface area contributed by atoms with Crippen LogP contribution in [0.25, 0.3) is 0 Å². The second-order valence-electron chi connectivity index (χ2n) is 4.93. The zero-order chi connectivity index (χ0) is 15.0. The molecule has 0 aliphatic carbocycles. The molecule has 1 unspecified atom stereocenters. The first-order valence-corrected chi connectivity index (χ1v) is 8.31. The van der Waals surface area contributed by atoms with E-state index in [0.717, 1.165) is 16.5 Å². The van der Waals surface area contributed by atoms with Gasteiger partial charge in [0.15, 0.2) is 0 Å². The average molecular weight is 323 g/mol. The van der Waals surface area contributed by atoms with Gasteiger partial charge in [-0.1, -0.05) is 23.8 Å². The van der Waals surface area contributed by atoms with E-state index in [4.69, 9.17) is 0 Å². The number of nitrogens with zero attached hydrogens (tertiary/aromatic N) is 1. The summed E-state index contributed by atoms with van der Waals surface area (Å²) in [7, 11) is 1.11. The number of hydrogen-bond donors (Lipinski definition) is 3. The number of thiol groups is 1. The van der Waals surface area contributed by atoms with Crippen molar-refractivity contribution in [2.45, 2.75) is 25.4 Å². The zero-order valence-electron chi connectivity index (χ0n) is 11.0. The lowest BCUT2D eigenvalue weighted by Gasteiger charge is -2.29. The smallest absolute Gasteiger partial charge is 0.257 e. The molecule has 3 rings (SSSR count). The predicted molar refractivity (Wildman–Crippen MR) is 82.7 cm³/mol. The Bertz CT molecular complexity index is 635. The van der Waals surface area contributed by atoms with Gasteiger partial charge in [0.05, 0.1) is 11.3 Å². The molecular formula is C13H13N3O3S2. The Morgan fingerprint density at radius 3 is 2.86 bits per heavy atom. The number of imide groups is 1. The van der Waals surface area contributed by atoms with Crippen LogP contribution in [0.2, 0.25) is 0 Å². The summed E-state index contributed by atoms with van der Waals surface area (Å²) in [4.78, 5) is 37.3. The van der Waals surface area contributed by atoms with Gasteiger partial charge in [-0.2, -0.15) is 0 Å². The van der Waals surface area contributed by atoms with Crippen LogP contribution in [0.4, 0.5) is 5.69 Å². The summed E-state index contributed by atoms with van der Waals surface area (Å²) in [5, 5.41) is 2.29. The maximum absolute atomic E-state index is 12.6. The first-order chi connectivity index (χ1) is 10.1. The van der Waals surface area contributed by atoms with Crippen LogP contribution in [-0.2, 0) is 16.1 Å². The molecule has 0 saturated carbocycles. The van der Waals surface area contributed by atoms with Crippen molar-refractivity contribution in [1.82, 2.24) is 10.2 Å². The normalized spacial score (nSPS) is 21.3. The van der Waals surface area contributed by atoms with Gasteiger partial charge in [-0.15, -0.1) is 0 Å². The number of rotatable bonds is 3. The first kappa shape index (κ1) is 14.3. The fraction of sp³-hybridized carbons (Fsp3) is 0.308. The summed E-state index contributed by atoms with van der Waals surface area (Å²) >= 11 is 4.03. The van der Waals surface area contributed by atoms with Crippen molar-refractivity contribution in [3.05, 3.63) is 29.3 Å². The Hall–Kier alpha value is -1.67. The lowest BCUT2D eigenvalue weighted by molar-refractivity contribution is -0.136. The van der Waals surface area contributed by atoms with E-state index in [-0.39, 0.29) is 18.2 Å². The van der Waals surface area contributed by atoms with Crippen molar-refractivity contribution in [1.29, 1.82) is 0 Å². The number of amides is 3. The molecule has 1 aromatic rings. The van der Waals surface area contributed by atoms with Gasteiger partial charge < -0.3 is 9.62 Å². The molecule has 3 amide bonds. The van der Waals surface area contributed by atoms with Gasteiger partial charge in [0.1, 0.15) is 6.04 Å². The van der Waals surface area contributed by atoms with Crippen LogP contribution >= 0.6 is 22.6 Å².